The summed E-state index contributed by atoms with van der Waals surface area (Å²) in [4.78, 5) is 46.7. The Kier molecular flexibility index (Phi) is 4.40. The van der Waals surface area contributed by atoms with E-state index in [0.29, 0.717) is 0 Å². The first-order valence-electron chi connectivity index (χ1n) is 9.06. The summed E-state index contributed by atoms with van der Waals surface area (Å²) in [6, 6.07) is 3.83. The fourth-order valence-corrected chi connectivity index (χ4v) is 4.22. The van der Waals surface area contributed by atoms with E-state index < -0.39 is 22.7 Å². The van der Waals surface area contributed by atoms with E-state index >= 15 is 0 Å². The van der Waals surface area contributed by atoms with Crippen LogP contribution in [-0.2, 0) is 14.4 Å². The number of carbonyl (C=O) groups is 3. The van der Waals surface area contributed by atoms with Gasteiger partial charge in [0.15, 0.2) is 11.9 Å². The highest BCUT2D eigenvalue weighted by Crippen LogP contribution is 2.52. The lowest BCUT2D eigenvalue weighted by molar-refractivity contribution is -0.386. The Labute approximate surface area is 164 Å². The minimum Gasteiger partial charge on any atom is -0.479 e. The van der Waals surface area contributed by atoms with Crippen molar-refractivity contribution >= 4 is 29.7 Å². The number of nitrogens with zero attached hydrogens (tertiary/aromatic N) is 3. The molecule has 1 aromatic rings. The van der Waals surface area contributed by atoms with Gasteiger partial charge in [-0.1, -0.05) is 12.2 Å². The molecule has 2 fully saturated rings. The second-order valence-corrected chi connectivity index (χ2v) is 7.32. The van der Waals surface area contributed by atoms with Crippen molar-refractivity contribution in [3.8, 4) is 5.75 Å². The molecule has 0 radical (unpaired) electrons. The second kappa shape index (κ2) is 6.80. The number of hydrogen-bond donors (Lipinski definition) is 1. The lowest BCUT2D eigenvalue weighted by atomic mass is 9.85. The van der Waals surface area contributed by atoms with Crippen LogP contribution >= 0.6 is 0 Å². The van der Waals surface area contributed by atoms with Gasteiger partial charge in [-0.15, -0.1) is 0 Å². The SMILES string of the molecule is C[C@@H](Oc1ccc(C=NN2C(=O)[C@@H]3[C@H](C2=O)[C@H]2C=C[C@H]3C2)cc1[N+](=O)[O-])C(=O)O. The van der Waals surface area contributed by atoms with Crippen molar-refractivity contribution in [3.05, 3.63) is 46.0 Å². The molecule has 4 rings (SSSR count). The van der Waals surface area contributed by atoms with Gasteiger partial charge < -0.3 is 9.84 Å². The molecule has 1 saturated carbocycles. The summed E-state index contributed by atoms with van der Waals surface area (Å²) < 4.78 is 5.10. The van der Waals surface area contributed by atoms with Gasteiger partial charge in [0.1, 0.15) is 0 Å². The highest BCUT2D eigenvalue weighted by atomic mass is 16.6. The Morgan fingerprint density at radius 2 is 1.93 bits per heavy atom. The summed E-state index contributed by atoms with van der Waals surface area (Å²) in [6.07, 6.45) is 4.70. The zero-order valence-corrected chi connectivity index (χ0v) is 15.3. The number of hydrogen-bond acceptors (Lipinski definition) is 7. The van der Waals surface area contributed by atoms with Crippen molar-refractivity contribution in [1.82, 2.24) is 5.01 Å². The summed E-state index contributed by atoms with van der Waals surface area (Å²) in [5.41, 5.74) is -0.175. The zero-order valence-electron chi connectivity index (χ0n) is 15.3. The second-order valence-electron chi connectivity index (χ2n) is 7.32. The number of carboxylic acids is 1. The van der Waals surface area contributed by atoms with Gasteiger partial charge in [0.2, 0.25) is 0 Å². The largest absolute Gasteiger partial charge is 0.479 e. The van der Waals surface area contributed by atoms with Gasteiger partial charge >= 0.3 is 11.7 Å². The number of rotatable bonds is 6. The zero-order chi connectivity index (χ0) is 20.9. The van der Waals surface area contributed by atoms with Gasteiger partial charge in [-0.25, -0.2) is 4.79 Å². The summed E-state index contributed by atoms with van der Waals surface area (Å²) in [5, 5.41) is 25.0. The molecule has 10 heteroatoms. The van der Waals surface area contributed by atoms with Crippen molar-refractivity contribution in [2.24, 2.45) is 28.8 Å². The Balaban J connectivity index is 1.55. The average Bonchev–Trinajstić information content (AvgIpc) is 3.35. The third-order valence-electron chi connectivity index (χ3n) is 5.60. The average molecular weight is 399 g/mol. The molecule has 1 heterocycles. The van der Waals surface area contributed by atoms with E-state index in [-0.39, 0.29) is 46.8 Å². The lowest BCUT2D eigenvalue weighted by Gasteiger charge is -2.13. The van der Waals surface area contributed by atoms with Crippen LogP contribution in [0, 0.1) is 33.8 Å². The Hall–Kier alpha value is -3.56. The molecule has 1 N–H and O–H groups in total. The molecule has 10 nitrogen and oxygen atoms in total. The fourth-order valence-electron chi connectivity index (χ4n) is 4.22. The quantitative estimate of drug-likeness (QED) is 0.252. The van der Waals surface area contributed by atoms with Crippen LogP contribution in [0.3, 0.4) is 0 Å². The van der Waals surface area contributed by atoms with E-state index in [9.17, 15) is 24.5 Å². The maximum atomic E-state index is 12.6. The highest BCUT2D eigenvalue weighted by molar-refractivity contribution is 6.06. The molecule has 2 amide bonds. The number of imide groups is 1. The number of carbonyl (C=O) groups excluding carboxylic acids is 2. The van der Waals surface area contributed by atoms with Gasteiger partial charge in [-0.2, -0.15) is 10.1 Å². The highest BCUT2D eigenvalue weighted by Gasteiger charge is 2.59. The van der Waals surface area contributed by atoms with E-state index in [1.807, 2.05) is 12.2 Å². The fraction of sp³-hybridized carbons (Fsp3) is 0.368. The molecule has 1 aromatic carbocycles. The summed E-state index contributed by atoms with van der Waals surface area (Å²) in [7, 11) is 0. The summed E-state index contributed by atoms with van der Waals surface area (Å²) >= 11 is 0. The number of benzene rings is 1. The maximum Gasteiger partial charge on any atom is 0.344 e. The van der Waals surface area contributed by atoms with Crippen LogP contribution in [0.4, 0.5) is 5.69 Å². The van der Waals surface area contributed by atoms with Gasteiger partial charge in [0.05, 0.1) is 23.0 Å². The van der Waals surface area contributed by atoms with E-state index in [4.69, 9.17) is 9.84 Å². The first-order valence-corrected chi connectivity index (χ1v) is 9.06. The number of nitro benzene ring substituents is 1. The van der Waals surface area contributed by atoms with Crippen molar-refractivity contribution in [3.63, 3.8) is 0 Å². The first-order chi connectivity index (χ1) is 13.8. The van der Waals surface area contributed by atoms with Crippen molar-refractivity contribution in [2.45, 2.75) is 19.4 Å². The Morgan fingerprint density at radius 3 is 2.48 bits per heavy atom. The maximum absolute atomic E-state index is 12.6. The van der Waals surface area contributed by atoms with Crippen LogP contribution < -0.4 is 4.74 Å². The number of nitro groups is 1. The number of amides is 2. The summed E-state index contributed by atoms with van der Waals surface area (Å²) in [6.45, 7) is 1.25. The van der Waals surface area contributed by atoms with E-state index in [1.54, 1.807) is 0 Å². The number of aliphatic carboxylic acids is 1. The molecule has 5 atom stereocenters. The molecule has 0 aromatic heterocycles. The van der Waals surface area contributed by atoms with Crippen LogP contribution in [-0.4, -0.2) is 45.1 Å². The third-order valence-corrected chi connectivity index (χ3v) is 5.60. The molecule has 3 aliphatic rings. The van der Waals surface area contributed by atoms with Crippen LogP contribution in [0.5, 0.6) is 5.75 Å². The van der Waals surface area contributed by atoms with Crippen LogP contribution in [0.15, 0.2) is 35.5 Å². The Bertz CT molecular complexity index is 956. The number of allylic oxidation sites excluding steroid dienone is 2. The van der Waals surface area contributed by atoms with Crippen molar-refractivity contribution in [1.29, 1.82) is 0 Å². The normalized spacial score (nSPS) is 28.2. The molecule has 0 unspecified atom stereocenters. The molecular formula is C19H17N3O7. The summed E-state index contributed by atoms with van der Waals surface area (Å²) in [5.74, 6) is -2.78. The number of carboxylic acid groups (broad SMARTS) is 1. The molecule has 150 valence electrons. The molecule has 1 aliphatic heterocycles. The van der Waals surface area contributed by atoms with Gasteiger partial charge in [0, 0.05) is 11.6 Å². The first kappa shape index (κ1) is 18.8. The van der Waals surface area contributed by atoms with Crippen LogP contribution in [0.2, 0.25) is 0 Å². The van der Waals surface area contributed by atoms with Crippen LogP contribution in [0.1, 0.15) is 18.9 Å². The number of fused-ring (bicyclic) bond motifs is 5. The molecule has 2 aliphatic carbocycles. The molecule has 2 bridgehead atoms. The van der Waals surface area contributed by atoms with E-state index in [0.717, 1.165) is 17.5 Å². The minimum absolute atomic E-state index is 0.0652. The predicted octanol–water partition coefficient (Wildman–Crippen LogP) is 1.59. The minimum atomic E-state index is -1.27. The smallest absolute Gasteiger partial charge is 0.344 e. The van der Waals surface area contributed by atoms with E-state index in [2.05, 4.69) is 5.10 Å². The van der Waals surface area contributed by atoms with Gasteiger partial charge in [-0.3, -0.25) is 19.7 Å². The van der Waals surface area contributed by atoms with E-state index in [1.165, 1.54) is 25.3 Å². The molecule has 29 heavy (non-hydrogen) atoms. The monoisotopic (exact) mass is 399 g/mol. The predicted molar refractivity (Wildman–Crippen MR) is 98.0 cm³/mol. The van der Waals surface area contributed by atoms with Gasteiger partial charge in [0.25, 0.3) is 11.8 Å². The van der Waals surface area contributed by atoms with Crippen LogP contribution in [0.25, 0.3) is 0 Å². The molecular weight excluding hydrogens is 382 g/mol. The van der Waals surface area contributed by atoms with Crippen molar-refractivity contribution < 1.29 is 29.2 Å². The van der Waals surface area contributed by atoms with Gasteiger partial charge in [-0.05, 0) is 37.3 Å². The molecule has 1 saturated heterocycles. The standard InChI is InChI=1S/C19H17N3O7/c1-9(19(25)26)29-14-5-2-10(6-13(14)22(27)28)8-20-21-17(23)15-11-3-4-12(7-11)16(15)18(21)24/h2-6,8-9,11-12,15-16H,7H2,1H3,(H,25,26)/t9-,11+,12+,15-,16+/m1/s1. The Morgan fingerprint density at radius 1 is 1.31 bits per heavy atom. The number of ether oxygens (including phenoxy) is 1. The topological polar surface area (TPSA) is 139 Å². The lowest BCUT2D eigenvalue weighted by Crippen LogP contribution is -2.28. The molecule has 0 spiro atoms. The van der Waals surface area contributed by atoms with Crippen molar-refractivity contribution in [2.75, 3.05) is 0 Å². The third kappa shape index (κ3) is 3.06. The number of hydrazone groups is 1.